The normalized spacial score (nSPS) is 10.7. The number of hydrogen-bond donors (Lipinski definition) is 3. The van der Waals surface area contributed by atoms with E-state index in [1.54, 1.807) is 42.5 Å². The highest BCUT2D eigenvalue weighted by atomic mass is 79.9. The van der Waals surface area contributed by atoms with Gasteiger partial charge >= 0.3 is 11.8 Å². The number of carbonyl (C=O) groups excluding carboxylic acids is 3. The Balaban J connectivity index is 1.64. The van der Waals surface area contributed by atoms with Gasteiger partial charge in [-0.2, -0.15) is 0 Å². The number of aromatic nitrogens is 1. The molecule has 1 heterocycles. The first kappa shape index (κ1) is 23.5. The Hall–Kier alpha value is -3.69. The van der Waals surface area contributed by atoms with Crippen molar-refractivity contribution in [1.82, 2.24) is 4.68 Å². The molecule has 7 nitrogen and oxygen atoms in total. The van der Waals surface area contributed by atoms with Crippen molar-refractivity contribution >= 4 is 67.5 Å². The second kappa shape index (κ2) is 9.66. The minimum absolute atomic E-state index is 0.0665. The molecule has 4 rings (SSSR count). The summed E-state index contributed by atoms with van der Waals surface area (Å²) < 4.78 is 15.8. The van der Waals surface area contributed by atoms with Gasteiger partial charge in [-0.25, -0.2) is 9.07 Å². The summed E-state index contributed by atoms with van der Waals surface area (Å²) in [5, 5.41) is 6.07. The van der Waals surface area contributed by atoms with E-state index in [-0.39, 0.29) is 11.4 Å². The lowest BCUT2D eigenvalue weighted by atomic mass is 10.2. The molecule has 172 valence electrons. The van der Waals surface area contributed by atoms with Crippen LogP contribution in [0.25, 0.3) is 10.9 Å². The van der Waals surface area contributed by atoms with E-state index in [4.69, 9.17) is 11.6 Å². The summed E-state index contributed by atoms with van der Waals surface area (Å²) in [5.74, 6) is -3.41. The van der Waals surface area contributed by atoms with E-state index in [0.717, 1.165) is 16.1 Å². The molecule has 0 fully saturated rings. The number of fused-ring (bicyclic) bond motifs is 1. The Kier molecular flexibility index (Phi) is 6.67. The molecule has 0 saturated carbocycles. The summed E-state index contributed by atoms with van der Waals surface area (Å²) in [6, 6.07) is 17.3. The monoisotopic (exact) mass is 542 g/mol. The molecular formula is C24H17BrClFN4O3. The zero-order chi connectivity index (χ0) is 24.4. The van der Waals surface area contributed by atoms with Crippen molar-refractivity contribution in [2.75, 3.05) is 16.1 Å². The number of nitrogens with one attached hydrogen (secondary N) is 3. The highest BCUT2D eigenvalue weighted by Gasteiger charge is 2.22. The van der Waals surface area contributed by atoms with Crippen LogP contribution in [0, 0.1) is 12.7 Å². The quantitative estimate of drug-likeness (QED) is 0.298. The van der Waals surface area contributed by atoms with E-state index in [1.165, 1.54) is 22.9 Å². The molecule has 1 aromatic heterocycles. The SMILES string of the molecule is Cc1ccc(NC(=O)c2cc3cc(Br)ccc3n2NC(=O)C(=O)Nc2ccccc2F)cc1Cl. The highest BCUT2D eigenvalue weighted by molar-refractivity contribution is 9.10. The van der Waals surface area contributed by atoms with Crippen LogP contribution in [-0.4, -0.2) is 22.4 Å². The van der Waals surface area contributed by atoms with Gasteiger partial charge < -0.3 is 10.6 Å². The number of rotatable bonds is 4. The van der Waals surface area contributed by atoms with Crippen LogP contribution in [0.5, 0.6) is 0 Å². The van der Waals surface area contributed by atoms with Crippen LogP contribution in [-0.2, 0) is 9.59 Å². The topological polar surface area (TPSA) is 92.2 Å². The van der Waals surface area contributed by atoms with E-state index in [1.807, 2.05) is 6.92 Å². The molecule has 0 spiro atoms. The number of halogens is 3. The molecule has 0 aliphatic heterocycles. The van der Waals surface area contributed by atoms with E-state index in [9.17, 15) is 18.8 Å². The predicted octanol–water partition coefficient (Wildman–Crippen LogP) is 5.47. The standard InChI is InChI=1S/C24H17BrClFN4O3/c1-13-6-8-16(12-17(13)26)28-22(32)21-11-14-10-15(25)7-9-20(14)31(21)30-24(34)23(33)29-19-5-3-2-4-18(19)27/h2-12H,1H3,(H,28,32)(H,29,33)(H,30,34). The molecule has 3 aromatic carbocycles. The van der Waals surface area contributed by atoms with Crippen LogP contribution in [0.1, 0.15) is 16.1 Å². The number of aryl methyl sites for hydroxylation is 1. The number of carbonyl (C=O) groups is 3. The molecule has 0 atom stereocenters. The van der Waals surface area contributed by atoms with E-state index in [0.29, 0.717) is 21.6 Å². The molecule has 34 heavy (non-hydrogen) atoms. The van der Waals surface area contributed by atoms with Crippen LogP contribution in [0.2, 0.25) is 5.02 Å². The zero-order valence-electron chi connectivity index (χ0n) is 17.7. The summed E-state index contributed by atoms with van der Waals surface area (Å²) in [7, 11) is 0. The maximum absolute atomic E-state index is 13.8. The van der Waals surface area contributed by atoms with E-state index in [2.05, 4.69) is 32.0 Å². The van der Waals surface area contributed by atoms with Gasteiger partial charge in [0, 0.05) is 20.6 Å². The molecule has 3 amide bonds. The third-order valence-electron chi connectivity index (χ3n) is 4.97. The Labute approximate surface area is 207 Å². The molecule has 10 heteroatoms. The Morgan fingerprint density at radius 3 is 2.44 bits per heavy atom. The number of para-hydroxylation sites is 1. The Morgan fingerprint density at radius 1 is 0.941 bits per heavy atom. The summed E-state index contributed by atoms with van der Waals surface area (Å²) in [4.78, 5) is 38.1. The average molecular weight is 544 g/mol. The number of amides is 3. The fraction of sp³-hybridized carbons (Fsp3) is 0.0417. The second-order valence-electron chi connectivity index (χ2n) is 7.36. The van der Waals surface area contributed by atoms with E-state index >= 15 is 0 Å². The van der Waals surface area contributed by atoms with Crippen LogP contribution < -0.4 is 16.1 Å². The molecule has 0 saturated heterocycles. The fourth-order valence-electron chi connectivity index (χ4n) is 3.23. The summed E-state index contributed by atoms with van der Waals surface area (Å²) in [5.41, 5.74) is 4.13. The first-order chi connectivity index (χ1) is 16.2. The smallest absolute Gasteiger partial charge is 0.321 e. The first-order valence-electron chi connectivity index (χ1n) is 9.98. The molecule has 0 aliphatic carbocycles. The van der Waals surface area contributed by atoms with Crippen molar-refractivity contribution in [3.05, 3.63) is 93.3 Å². The van der Waals surface area contributed by atoms with Crippen LogP contribution in [0.3, 0.4) is 0 Å². The minimum atomic E-state index is -1.10. The first-order valence-corrected chi connectivity index (χ1v) is 11.2. The minimum Gasteiger partial charge on any atom is -0.321 e. The van der Waals surface area contributed by atoms with Crippen LogP contribution >= 0.6 is 27.5 Å². The highest BCUT2D eigenvalue weighted by Crippen LogP contribution is 2.25. The molecule has 0 bridgehead atoms. The van der Waals surface area contributed by atoms with Gasteiger partial charge in [0.15, 0.2) is 0 Å². The number of hydrogen-bond acceptors (Lipinski definition) is 3. The summed E-state index contributed by atoms with van der Waals surface area (Å²) in [6.07, 6.45) is 0. The molecular weight excluding hydrogens is 527 g/mol. The van der Waals surface area contributed by atoms with Crippen molar-refractivity contribution < 1.29 is 18.8 Å². The third kappa shape index (κ3) is 4.95. The van der Waals surface area contributed by atoms with Gasteiger partial charge in [0.05, 0.1) is 11.2 Å². The molecule has 3 N–H and O–H groups in total. The lowest BCUT2D eigenvalue weighted by Gasteiger charge is -2.13. The summed E-state index contributed by atoms with van der Waals surface area (Å²) >= 11 is 9.53. The van der Waals surface area contributed by atoms with Crippen molar-refractivity contribution in [3.63, 3.8) is 0 Å². The van der Waals surface area contributed by atoms with Crippen LogP contribution in [0.15, 0.2) is 71.2 Å². The molecule has 4 aromatic rings. The third-order valence-corrected chi connectivity index (χ3v) is 5.87. The van der Waals surface area contributed by atoms with E-state index < -0.39 is 23.5 Å². The van der Waals surface area contributed by atoms with Crippen LogP contribution in [0.4, 0.5) is 15.8 Å². The zero-order valence-corrected chi connectivity index (χ0v) is 20.0. The van der Waals surface area contributed by atoms with Crippen molar-refractivity contribution in [3.8, 4) is 0 Å². The van der Waals surface area contributed by atoms with Gasteiger partial charge in [-0.1, -0.05) is 45.7 Å². The molecule has 0 radical (unpaired) electrons. The Morgan fingerprint density at radius 2 is 1.71 bits per heavy atom. The van der Waals surface area contributed by atoms with Gasteiger partial charge in [-0.05, 0) is 61.0 Å². The lowest BCUT2D eigenvalue weighted by molar-refractivity contribution is -0.133. The maximum atomic E-state index is 13.8. The van der Waals surface area contributed by atoms with Gasteiger partial charge in [-0.15, -0.1) is 0 Å². The second-order valence-corrected chi connectivity index (χ2v) is 8.68. The van der Waals surface area contributed by atoms with Crippen molar-refractivity contribution in [1.29, 1.82) is 0 Å². The molecule has 0 unspecified atom stereocenters. The average Bonchev–Trinajstić information content (AvgIpc) is 3.15. The van der Waals surface area contributed by atoms with Gasteiger partial charge in [0.1, 0.15) is 11.5 Å². The van der Waals surface area contributed by atoms with Gasteiger partial charge in [0.2, 0.25) is 0 Å². The Bertz CT molecular complexity index is 1450. The molecule has 0 aliphatic rings. The van der Waals surface area contributed by atoms with Gasteiger partial charge in [0.25, 0.3) is 5.91 Å². The number of anilines is 2. The van der Waals surface area contributed by atoms with Gasteiger partial charge in [-0.3, -0.25) is 19.8 Å². The fourth-order valence-corrected chi connectivity index (χ4v) is 3.79. The lowest BCUT2D eigenvalue weighted by Crippen LogP contribution is -2.36. The predicted molar refractivity (Wildman–Crippen MR) is 133 cm³/mol. The van der Waals surface area contributed by atoms with Crippen molar-refractivity contribution in [2.45, 2.75) is 6.92 Å². The number of nitrogens with zero attached hydrogens (tertiary/aromatic N) is 1. The number of benzene rings is 3. The maximum Gasteiger partial charge on any atom is 0.328 e. The van der Waals surface area contributed by atoms with Crippen molar-refractivity contribution in [2.24, 2.45) is 0 Å². The summed E-state index contributed by atoms with van der Waals surface area (Å²) in [6.45, 7) is 1.84. The largest absolute Gasteiger partial charge is 0.328 e.